The average Bonchev–Trinajstić information content (AvgIpc) is 3.07. The molecule has 0 radical (unpaired) electrons. The van der Waals surface area contributed by atoms with Gasteiger partial charge in [0.25, 0.3) is 0 Å². The molecule has 0 unspecified atom stereocenters. The number of rotatable bonds is 6. The molecule has 7 nitrogen and oxygen atoms in total. The molecule has 7 heteroatoms. The van der Waals surface area contributed by atoms with Gasteiger partial charge in [-0.25, -0.2) is 5.43 Å². The number of aromatic nitrogens is 1. The maximum absolute atomic E-state index is 11.5. The Morgan fingerprint density at radius 2 is 1.64 bits per heavy atom. The van der Waals surface area contributed by atoms with E-state index < -0.39 is 0 Å². The summed E-state index contributed by atoms with van der Waals surface area (Å²) in [5, 5.41) is 5.41. The molecule has 3 rings (SSSR count). The minimum absolute atomic E-state index is 0.259. The second-order valence-electron chi connectivity index (χ2n) is 6.24. The Labute approximate surface area is 163 Å². The fourth-order valence-electron chi connectivity index (χ4n) is 3.08. The number of fused-ring (bicyclic) bond motifs is 1. The second-order valence-corrected chi connectivity index (χ2v) is 6.24. The highest BCUT2D eigenvalue weighted by Gasteiger charge is 2.18. The van der Waals surface area contributed by atoms with E-state index in [0.717, 1.165) is 22.0 Å². The fraction of sp³-hybridized carbons (Fsp3) is 0.238. The van der Waals surface area contributed by atoms with Crippen molar-refractivity contribution in [1.29, 1.82) is 0 Å². The molecule has 3 aromatic rings. The smallest absolute Gasteiger partial charge is 0.236 e. The zero-order valence-corrected chi connectivity index (χ0v) is 16.6. The highest BCUT2D eigenvalue weighted by molar-refractivity contribution is 6.15. The maximum atomic E-state index is 11.5. The number of carbonyl (C=O) groups excluding carboxylic acids is 1. The van der Waals surface area contributed by atoms with E-state index in [0.29, 0.717) is 23.0 Å². The van der Waals surface area contributed by atoms with Crippen LogP contribution in [0.25, 0.3) is 10.9 Å². The molecular weight excluding hydrogens is 358 g/mol. The lowest BCUT2D eigenvalue weighted by atomic mass is 10.00. The van der Waals surface area contributed by atoms with Gasteiger partial charge < -0.3 is 18.8 Å². The van der Waals surface area contributed by atoms with E-state index >= 15 is 0 Å². The number of amides is 1. The van der Waals surface area contributed by atoms with E-state index in [1.165, 1.54) is 6.92 Å². The van der Waals surface area contributed by atoms with Crippen LogP contribution in [0, 0.1) is 0 Å². The first-order chi connectivity index (χ1) is 13.5. The third-order valence-corrected chi connectivity index (χ3v) is 4.42. The number of hydrogen-bond acceptors (Lipinski definition) is 5. The topological polar surface area (TPSA) is 74.1 Å². The number of nitrogens with one attached hydrogen (secondary N) is 1. The Bertz CT molecular complexity index is 1030. The van der Waals surface area contributed by atoms with Gasteiger partial charge in [-0.2, -0.15) is 5.10 Å². The molecule has 0 atom stereocenters. The van der Waals surface area contributed by atoms with Gasteiger partial charge in [0, 0.05) is 42.2 Å². The molecule has 0 fully saturated rings. The lowest BCUT2D eigenvalue weighted by Crippen LogP contribution is -2.17. The van der Waals surface area contributed by atoms with Crippen molar-refractivity contribution >= 4 is 22.5 Å². The number of aryl methyl sites for hydroxylation is 1. The molecule has 1 heterocycles. The van der Waals surface area contributed by atoms with E-state index in [1.54, 1.807) is 33.5 Å². The van der Waals surface area contributed by atoms with Gasteiger partial charge in [-0.15, -0.1) is 0 Å². The molecule has 0 aliphatic heterocycles. The number of methoxy groups -OCH3 is 3. The summed E-state index contributed by atoms with van der Waals surface area (Å²) in [6, 6.07) is 11.6. The van der Waals surface area contributed by atoms with Gasteiger partial charge in [0.05, 0.1) is 27.0 Å². The molecule has 0 spiro atoms. The van der Waals surface area contributed by atoms with Crippen molar-refractivity contribution in [3.05, 3.63) is 53.7 Å². The van der Waals surface area contributed by atoms with Crippen LogP contribution in [0.3, 0.4) is 0 Å². The molecule has 1 N–H and O–H groups in total. The van der Waals surface area contributed by atoms with E-state index in [2.05, 4.69) is 10.5 Å². The van der Waals surface area contributed by atoms with Gasteiger partial charge in [0.15, 0.2) is 11.5 Å². The van der Waals surface area contributed by atoms with Crippen molar-refractivity contribution in [2.45, 2.75) is 6.92 Å². The normalized spacial score (nSPS) is 11.4. The molecule has 0 bridgehead atoms. The minimum Gasteiger partial charge on any atom is -0.493 e. The molecule has 1 amide bonds. The molecule has 0 aliphatic carbocycles. The van der Waals surface area contributed by atoms with Crippen molar-refractivity contribution in [1.82, 2.24) is 9.99 Å². The van der Waals surface area contributed by atoms with Gasteiger partial charge in [0.2, 0.25) is 11.7 Å². The van der Waals surface area contributed by atoms with Crippen LogP contribution in [0.15, 0.2) is 47.7 Å². The van der Waals surface area contributed by atoms with E-state index in [-0.39, 0.29) is 5.91 Å². The van der Waals surface area contributed by atoms with E-state index in [1.807, 2.05) is 42.1 Å². The van der Waals surface area contributed by atoms with Crippen LogP contribution in [0.4, 0.5) is 0 Å². The summed E-state index contributed by atoms with van der Waals surface area (Å²) < 4.78 is 18.3. The number of nitrogens with zero attached hydrogens (tertiary/aromatic N) is 2. The fourth-order valence-corrected chi connectivity index (χ4v) is 3.08. The standard InChI is InChI=1S/C21H23N3O4/c1-13(25)22-23-20(15-6-7-17-14(10-15)8-9-24(17)2)16-11-18(26-3)21(28-5)19(12-16)27-4/h6-12H,1-5H3,(H,22,25)/b23-20+. The van der Waals surface area contributed by atoms with E-state index in [4.69, 9.17) is 14.2 Å². The van der Waals surface area contributed by atoms with Crippen molar-refractivity contribution in [3.63, 3.8) is 0 Å². The van der Waals surface area contributed by atoms with Crippen LogP contribution in [0.1, 0.15) is 18.1 Å². The first-order valence-corrected chi connectivity index (χ1v) is 8.68. The van der Waals surface area contributed by atoms with Crippen molar-refractivity contribution in [2.24, 2.45) is 12.1 Å². The third-order valence-electron chi connectivity index (χ3n) is 4.42. The largest absolute Gasteiger partial charge is 0.493 e. The van der Waals surface area contributed by atoms with Gasteiger partial charge in [-0.3, -0.25) is 4.79 Å². The molecule has 1 aromatic heterocycles. The van der Waals surface area contributed by atoms with Crippen LogP contribution >= 0.6 is 0 Å². The van der Waals surface area contributed by atoms with Gasteiger partial charge in [-0.1, -0.05) is 6.07 Å². The molecule has 0 saturated heterocycles. The van der Waals surface area contributed by atoms with Crippen molar-refractivity contribution in [2.75, 3.05) is 21.3 Å². The lowest BCUT2D eigenvalue weighted by Gasteiger charge is -2.15. The molecule has 0 saturated carbocycles. The van der Waals surface area contributed by atoms with E-state index in [9.17, 15) is 4.79 Å². The minimum atomic E-state index is -0.259. The maximum Gasteiger partial charge on any atom is 0.236 e. The highest BCUT2D eigenvalue weighted by atomic mass is 16.5. The zero-order valence-electron chi connectivity index (χ0n) is 16.6. The number of ether oxygens (including phenoxy) is 3. The highest BCUT2D eigenvalue weighted by Crippen LogP contribution is 2.39. The summed E-state index contributed by atoms with van der Waals surface area (Å²) >= 11 is 0. The van der Waals surface area contributed by atoms with Crippen LogP contribution in [-0.2, 0) is 11.8 Å². The van der Waals surface area contributed by atoms with Crippen LogP contribution in [0.5, 0.6) is 17.2 Å². The Kier molecular flexibility index (Phi) is 5.54. The summed E-state index contributed by atoms with van der Waals surface area (Å²) in [5.74, 6) is 1.25. The number of hydrogen-bond donors (Lipinski definition) is 1. The average molecular weight is 381 g/mol. The second kappa shape index (κ2) is 8.04. The summed E-state index contributed by atoms with van der Waals surface area (Å²) in [6.45, 7) is 1.41. The van der Waals surface area contributed by atoms with Gasteiger partial charge in [0.1, 0.15) is 0 Å². The molecule has 2 aromatic carbocycles. The quantitative estimate of drug-likeness (QED) is 0.526. The molecule has 0 aliphatic rings. The predicted molar refractivity (Wildman–Crippen MR) is 108 cm³/mol. The molecule has 146 valence electrons. The summed E-state index contributed by atoms with van der Waals surface area (Å²) in [6.07, 6.45) is 2.00. The summed E-state index contributed by atoms with van der Waals surface area (Å²) in [7, 11) is 6.66. The first kappa shape index (κ1) is 19.3. The van der Waals surface area contributed by atoms with Crippen molar-refractivity contribution in [3.8, 4) is 17.2 Å². The van der Waals surface area contributed by atoms with Crippen LogP contribution in [-0.4, -0.2) is 37.5 Å². The van der Waals surface area contributed by atoms with Crippen LogP contribution < -0.4 is 19.6 Å². The Morgan fingerprint density at radius 3 is 2.21 bits per heavy atom. The summed E-state index contributed by atoms with van der Waals surface area (Å²) in [4.78, 5) is 11.5. The molecular formula is C21H23N3O4. The molecule has 28 heavy (non-hydrogen) atoms. The number of hydrazone groups is 1. The SMILES string of the molecule is COc1cc(/C(=N/NC(C)=O)c2ccc3c(ccn3C)c2)cc(OC)c1OC. The van der Waals surface area contributed by atoms with Gasteiger partial charge >= 0.3 is 0 Å². The van der Waals surface area contributed by atoms with Crippen LogP contribution in [0.2, 0.25) is 0 Å². The Morgan fingerprint density at radius 1 is 0.964 bits per heavy atom. The summed E-state index contributed by atoms with van der Waals surface area (Å²) in [5.41, 5.74) is 5.79. The first-order valence-electron chi connectivity index (χ1n) is 8.68. The monoisotopic (exact) mass is 381 g/mol. The Hall–Kier alpha value is -3.48. The number of carbonyl (C=O) groups is 1. The number of benzene rings is 2. The van der Waals surface area contributed by atoms with Crippen molar-refractivity contribution < 1.29 is 19.0 Å². The Balaban J connectivity index is 2.19. The van der Waals surface area contributed by atoms with Gasteiger partial charge in [-0.05, 0) is 30.3 Å². The lowest BCUT2D eigenvalue weighted by molar-refractivity contribution is -0.118. The predicted octanol–water partition coefficient (Wildman–Crippen LogP) is 3.09. The zero-order chi connectivity index (χ0) is 20.3. The third kappa shape index (κ3) is 3.64.